The summed E-state index contributed by atoms with van der Waals surface area (Å²) in [6, 6.07) is 7.92. The fourth-order valence-corrected chi connectivity index (χ4v) is 3.02. The van der Waals surface area contributed by atoms with Gasteiger partial charge in [0.25, 0.3) is 0 Å². The predicted octanol–water partition coefficient (Wildman–Crippen LogP) is 4.16. The fourth-order valence-electron chi connectivity index (χ4n) is 3.02. The number of hydrogen-bond donors (Lipinski definition) is 1. The zero-order valence-electron chi connectivity index (χ0n) is 12.4. The standard InChI is InChI=1S/C18H19NO2/c1-12-11-19-10-9-14(12)15-7-3-5-13-6-4-8-16(21-2)17(13)18(15)20/h4,6,8-11,20H,3,5,7H2,1-2H3. The van der Waals surface area contributed by atoms with E-state index in [1.54, 1.807) is 13.3 Å². The van der Waals surface area contributed by atoms with Crippen molar-refractivity contribution in [3.8, 4) is 5.75 Å². The van der Waals surface area contributed by atoms with E-state index in [4.69, 9.17) is 4.74 Å². The molecule has 0 unspecified atom stereocenters. The van der Waals surface area contributed by atoms with Crippen LogP contribution < -0.4 is 4.74 Å². The number of fused-ring (bicyclic) bond motifs is 1. The Kier molecular flexibility index (Phi) is 3.65. The van der Waals surface area contributed by atoms with Crippen LogP contribution in [-0.4, -0.2) is 17.2 Å². The lowest BCUT2D eigenvalue weighted by Gasteiger charge is -2.14. The molecule has 108 valence electrons. The van der Waals surface area contributed by atoms with Gasteiger partial charge in [0, 0.05) is 18.0 Å². The first kappa shape index (κ1) is 13.7. The van der Waals surface area contributed by atoms with E-state index in [-0.39, 0.29) is 0 Å². The molecule has 0 bridgehead atoms. The SMILES string of the molecule is COc1cccc2c1C(O)=C(c1ccncc1C)CCC2. The molecule has 21 heavy (non-hydrogen) atoms. The lowest BCUT2D eigenvalue weighted by atomic mass is 9.96. The molecule has 1 N–H and O–H groups in total. The van der Waals surface area contributed by atoms with Crippen LogP contribution in [0.1, 0.15) is 35.1 Å². The number of ether oxygens (including phenoxy) is 1. The van der Waals surface area contributed by atoms with Crippen molar-refractivity contribution in [2.24, 2.45) is 0 Å². The Morgan fingerprint density at radius 2 is 2.05 bits per heavy atom. The van der Waals surface area contributed by atoms with Gasteiger partial charge in [-0.05, 0) is 55.0 Å². The first-order valence-electron chi connectivity index (χ1n) is 7.21. The molecule has 0 radical (unpaired) electrons. The van der Waals surface area contributed by atoms with Crippen molar-refractivity contribution in [1.82, 2.24) is 4.98 Å². The molecule has 2 aromatic rings. The number of aromatic nitrogens is 1. The van der Waals surface area contributed by atoms with E-state index in [1.165, 1.54) is 0 Å². The van der Waals surface area contributed by atoms with Crippen LogP contribution in [0.5, 0.6) is 5.75 Å². The van der Waals surface area contributed by atoms with Crippen molar-refractivity contribution in [3.05, 3.63) is 58.9 Å². The molecule has 0 spiro atoms. The Morgan fingerprint density at radius 1 is 1.19 bits per heavy atom. The highest BCUT2D eigenvalue weighted by Gasteiger charge is 2.22. The molecule has 0 aliphatic heterocycles. The van der Waals surface area contributed by atoms with Crippen molar-refractivity contribution in [3.63, 3.8) is 0 Å². The number of aryl methyl sites for hydroxylation is 2. The summed E-state index contributed by atoms with van der Waals surface area (Å²) in [5.41, 5.74) is 5.12. The van der Waals surface area contributed by atoms with E-state index in [2.05, 4.69) is 11.1 Å². The Hall–Kier alpha value is -2.29. The summed E-state index contributed by atoms with van der Waals surface area (Å²) in [4.78, 5) is 4.14. The van der Waals surface area contributed by atoms with Crippen LogP contribution in [0.25, 0.3) is 11.3 Å². The van der Waals surface area contributed by atoms with Crippen molar-refractivity contribution >= 4 is 11.3 Å². The second kappa shape index (κ2) is 5.60. The summed E-state index contributed by atoms with van der Waals surface area (Å²) in [5, 5.41) is 10.9. The third-order valence-electron chi connectivity index (χ3n) is 4.07. The third-order valence-corrected chi connectivity index (χ3v) is 4.07. The molecule has 1 aliphatic carbocycles. The summed E-state index contributed by atoms with van der Waals surface area (Å²) in [6.45, 7) is 2.02. The maximum Gasteiger partial charge on any atom is 0.130 e. The van der Waals surface area contributed by atoms with Gasteiger partial charge in [-0.1, -0.05) is 12.1 Å². The summed E-state index contributed by atoms with van der Waals surface area (Å²) in [5.74, 6) is 1.07. The minimum absolute atomic E-state index is 0.342. The minimum Gasteiger partial charge on any atom is -0.507 e. The first-order chi connectivity index (χ1) is 10.2. The molecule has 1 aromatic carbocycles. The smallest absolute Gasteiger partial charge is 0.130 e. The number of pyridine rings is 1. The van der Waals surface area contributed by atoms with Crippen LogP contribution in [0.2, 0.25) is 0 Å². The molecule has 0 atom stereocenters. The largest absolute Gasteiger partial charge is 0.507 e. The maximum absolute atomic E-state index is 10.9. The van der Waals surface area contributed by atoms with Crippen molar-refractivity contribution in [1.29, 1.82) is 0 Å². The lowest BCUT2D eigenvalue weighted by Crippen LogP contribution is -1.98. The molecule has 0 amide bonds. The molecule has 0 fully saturated rings. The number of aliphatic hydroxyl groups excluding tert-OH is 1. The Balaban J connectivity index is 2.23. The number of aliphatic hydroxyl groups is 1. The van der Waals surface area contributed by atoms with Crippen molar-refractivity contribution in [2.75, 3.05) is 7.11 Å². The van der Waals surface area contributed by atoms with Gasteiger partial charge in [-0.25, -0.2) is 0 Å². The summed E-state index contributed by atoms with van der Waals surface area (Å²) in [6.07, 6.45) is 6.43. The highest BCUT2D eigenvalue weighted by Crippen LogP contribution is 2.39. The normalized spacial score (nSPS) is 14.6. The van der Waals surface area contributed by atoms with Gasteiger partial charge in [0.05, 0.1) is 12.7 Å². The molecule has 0 saturated heterocycles. The van der Waals surface area contributed by atoms with Crippen LogP contribution in [0.15, 0.2) is 36.7 Å². The second-order valence-corrected chi connectivity index (χ2v) is 5.37. The van der Waals surface area contributed by atoms with Gasteiger partial charge in [-0.15, -0.1) is 0 Å². The second-order valence-electron chi connectivity index (χ2n) is 5.37. The number of allylic oxidation sites excluding steroid dienone is 1. The molecular formula is C18H19NO2. The average molecular weight is 281 g/mol. The zero-order chi connectivity index (χ0) is 14.8. The Bertz CT molecular complexity index is 704. The van der Waals surface area contributed by atoms with E-state index in [1.807, 2.05) is 31.3 Å². The number of nitrogens with zero attached hydrogens (tertiary/aromatic N) is 1. The molecule has 3 nitrogen and oxygen atoms in total. The lowest BCUT2D eigenvalue weighted by molar-refractivity contribution is 0.408. The fraction of sp³-hybridized carbons (Fsp3) is 0.278. The van der Waals surface area contributed by atoms with Gasteiger partial charge >= 0.3 is 0 Å². The summed E-state index contributed by atoms with van der Waals surface area (Å²) < 4.78 is 5.45. The van der Waals surface area contributed by atoms with Crippen molar-refractivity contribution in [2.45, 2.75) is 26.2 Å². The minimum atomic E-state index is 0.342. The van der Waals surface area contributed by atoms with Crippen LogP contribution in [-0.2, 0) is 6.42 Å². The number of benzene rings is 1. The van der Waals surface area contributed by atoms with Gasteiger partial charge in [0.1, 0.15) is 11.5 Å². The molecule has 3 heteroatoms. The monoisotopic (exact) mass is 281 g/mol. The van der Waals surface area contributed by atoms with Gasteiger partial charge in [-0.3, -0.25) is 4.98 Å². The van der Waals surface area contributed by atoms with E-state index in [0.717, 1.165) is 52.8 Å². The molecule has 1 heterocycles. The third kappa shape index (κ3) is 2.40. The molecular weight excluding hydrogens is 262 g/mol. The topological polar surface area (TPSA) is 42.4 Å². The van der Waals surface area contributed by atoms with E-state index in [0.29, 0.717) is 5.76 Å². The van der Waals surface area contributed by atoms with Crippen LogP contribution >= 0.6 is 0 Å². The summed E-state index contributed by atoms with van der Waals surface area (Å²) >= 11 is 0. The van der Waals surface area contributed by atoms with Gasteiger partial charge in [-0.2, -0.15) is 0 Å². The molecule has 0 saturated carbocycles. The number of methoxy groups -OCH3 is 1. The molecule has 3 rings (SSSR count). The highest BCUT2D eigenvalue weighted by molar-refractivity contribution is 5.90. The van der Waals surface area contributed by atoms with Gasteiger partial charge in [0.2, 0.25) is 0 Å². The zero-order valence-corrected chi connectivity index (χ0v) is 12.4. The average Bonchev–Trinajstić information content (AvgIpc) is 2.67. The van der Waals surface area contributed by atoms with Crippen LogP contribution in [0, 0.1) is 6.92 Å². The summed E-state index contributed by atoms with van der Waals surface area (Å²) in [7, 11) is 1.64. The number of hydrogen-bond acceptors (Lipinski definition) is 3. The van der Waals surface area contributed by atoms with Crippen LogP contribution in [0.3, 0.4) is 0 Å². The van der Waals surface area contributed by atoms with Gasteiger partial charge < -0.3 is 9.84 Å². The van der Waals surface area contributed by atoms with E-state index < -0.39 is 0 Å². The maximum atomic E-state index is 10.9. The molecule has 1 aromatic heterocycles. The van der Waals surface area contributed by atoms with E-state index >= 15 is 0 Å². The molecule has 1 aliphatic rings. The van der Waals surface area contributed by atoms with Crippen LogP contribution in [0.4, 0.5) is 0 Å². The number of rotatable bonds is 2. The Morgan fingerprint density at radius 3 is 2.81 bits per heavy atom. The highest BCUT2D eigenvalue weighted by atomic mass is 16.5. The van der Waals surface area contributed by atoms with E-state index in [9.17, 15) is 5.11 Å². The predicted molar refractivity (Wildman–Crippen MR) is 84.3 cm³/mol. The first-order valence-corrected chi connectivity index (χ1v) is 7.21. The Labute approximate surface area is 124 Å². The quantitative estimate of drug-likeness (QED) is 0.898. The van der Waals surface area contributed by atoms with Gasteiger partial charge in [0.15, 0.2) is 0 Å². The van der Waals surface area contributed by atoms with Crippen molar-refractivity contribution < 1.29 is 9.84 Å².